The smallest absolute Gasteiger partial charge is 0.338 e. The third kappa shape index (κ3) is 3.08. The molecule has 1 heterocycles. The van der Waals surface area contributed by atoms with Gasteiger partial charge in [0.1, 0.15) is 23.9 Å². The number of carbonyl (C=O) groups is 1. The maximum absolute atomic E-state index is 12.0. The number of esters is 1. The number of aliphatic hydroxyl groups is 2. The Morgan fingerprint density at radius 3 is 2.52 bits per heavy atom. The molecule has 5 atom stereocenters. The third-order valence-electron chi connectivity index (χ3n) is 3.65. The average Bonchev–Trinajstić information content (AvgIpc) is 2.70. The second kappa shape index (κ2) is 6.11. The molecule has 6 nitrogen and oxygen atoms in total. The maximum atomic E-state index is 12.0. The molecule has 1 aromatic rings. The molecule has 2 rings (SSSR count). The Balaban J connectivity index is 2.04. The van der Waals surface area contributed by atoms with E-state index in [1.54, 1.807) is 37.3 Å². The minimum absolute atomic E-state index is 0.409. The number of ether oxygens (including phenoxy) is 3. The lowest BCUT2D eigenvalue weighted by Gasteiger charge is -2.26. The van der Waals surface area contributed by atoms with Crippen LogP contribution in [-0.4, -0.2) is 53.5 Å². The van der Waals surface area contributed by atoms with Crippen molar-refractivity contribution < 1.29 is 29.2 Å². The van der Waals surface area contributed by atoms with Crippen molar-refractivity contribution in [3.8, 4) is 0 Å². The van der Waals surface area contributed by atoms with Crippen molar-refractivity contribution in [3.63, 3.8) is 0 Å². The highest BCUT2D eigenvalue weighted by atomic mass is 16.7. The number of aliphatic hydroxyl groups excluding tert-OH is 1. The van der Waals surface area contributed by atoms with Crippen molar-refractivity contribution in [2.24, 2.45) is 0 Å². The molecule has 1 unspecified atom stereocenters. The van der Waals surface area contributed by atoms with Crippen molar-refractivity contribution in [3.05, 3.63) is 35.9 Å². The lowest BCUT2D eigenvalue weighted by atomic mass is 9.95. The van der Waals surface area contributed by atoms with Crippen molar-refractivity contribution in [1.82, 2.24) is 0 Å². The normalized spacial score (nSPS) is 33.7. The van der Waals surface area contributed by atoms with Crippen LogP contribution in [0.4, 0.5) is 0 Å². The molecule has 1 saturated heterocycles. The molecule has 0 aromatic heterocycles. The number of carbonyl (C=O) groups excluding carboxylic acids is 1. The summed E-state index contributed by atoms with van der Waals surface area (Å²) in [5.74, 6) is -0.514. The van der Waals surface area contributed by atoms with E-state index in [0.717, 1.165) is 0 Å². The summed E-state index contributed by atoms with van der Waals surface area (Å²) in [6.07, 6.45) is -3.80. The van der Waals surface area contributed by atoms with Crippen molar-refractivity contribution in [1.29, 1.82) is 0 Å². The van der Waals surface area contributed by atoms with Gasteiger partial charge in [0.2, 0.25) is 0 Å². The summed E-state index contributed by atoms with van der Waals surface area (Å²) in [7, 11) is 1.37. The van der Waals surface area contributed by atoms with E-state index in [-0.39, 0.29) is 0 Å². The maximum Gasteiger partial charge on any atom is 0.338 e. The Bertz CT molecular complexity index is 486. The van der Waals surface area contributed by atoms with Crippen LogP contribution in [0.3, 0.4) is 0 Å². The standard InChI is InChI=1S/C15H20O6/c1-9(20-13(17)10-7-5-4-6-8-10)11-12(16)15(2,18)14(19-3)21-11/h4-9,11-12,14,16,18H,1-3H3/t9-,11-,12-,14?,15-/m1/s1. The SMILES string of the molecule is COC1O[C@H]([C@@H](C)OC(=O)c2ccccc2)[C@@H](O)[C@@]1(C)O. The van der Waals surface area contributed by atoms with Gasteiger partial charge >= 0.3 is 5.97 Å². The Kier molecular flexibility index (Phi) is 4.63. The number of benzene rings is 1. The van der Waals surface area contributed by atoms with E-state index in [0.29, 0.717) is 5.56 Å². The first-order chi connectivity index (χ1) is 9.87. The Hall–Kier alpha value is -1.47. The van der Waals surface area contributed by atoms with Crippen LogP contribution < -0.4 is 0 Å². The van der Waals surface area contributed by atoms with Gasteiger partial charge in [-0.3, -0.25) is 0 Å². The zero-order valence-electron chi connectivity index (χ0n) is 12.2. The second-order valence-corrected chi connectivity index (χ2v) is 5.32. The molecule has 116 valence electrons. The molecule has 0 amide bonds. The van der Waals surface area contributed by atoms with Gasteiger partial charge in [-0.2, -0.15) is 0 Å². The summed E-state index contributed by atoms with van der Waals surface area (Å²) in [5.41, 5.74) is -1.15. The number of hydrogen-bond acceptors (Lipinski definition) is 6. The van der Waals surface area contributed by atoms with Gasteiger partial charge in [-0.25, -0.2) is 4.79 Å². The van der Waals surface area contributed by atoms with Crippen LogP contribution in [-0.2, 0) is 14.2 Å². The van der Waals surface area contributed by atoms with Gasteiger partial charge in [0, 0.05) is 7.11 Å². The molecule has 0 bridgehead atoms. The lowest BCUT2D eigenvalue weighted by molar-refractivity contribution is -0.190. The van der Waals surface area contributed by atoms with E-state index < -0.39 is 36.2 Å². The highest BCUT2D eigenvalue weighted by Gasteiger charge is 2.54. The Morgan fingerprint density at radius 1 is 1.38 bits per heavy atom. The van der Waals surface area contributed by atoms with Crippen LogP contribution in [0.1, 0.15) is 24.2 Å². The third-order valence-corrected chi connectivity index (χ3v) is 3.65. The molecule has 1 aromatic carbocycles. The molecule has 0 saturated carbocycles. The van der Waals surface area contributed by atoms with Crippen LogP contribution in [0.5, 0.6) is 0 Å². The molecule has 21 heavy (non-hydrogen) atoms. The molecule has 1 fully saturated rings. The molecule has 0 radical (unpaired) electrons. The summed E-state index contributed by atoms with van der Waals surface area (Å²) in [5, 5.41) is 20.3. The predicted octanol–water partition coefficient (Wildman–Crippen LogP) is 0.715. The van der Waals surface area contributed by atoms with Gasteiger partial charge in [0.25, 0.3) is 0 Å². The van der Waals surface area contributed by atoms with Crippen molar-refractivity contribution in [2.45, 2.75) is 44.1 Å². The Morgan fingerprint density at radius 2 is 2.00 bits per heavy atom. The predicted molar refractivity (Wildman–Crippen MR) is 73.6 cm³/mol. The fourth-order valence-corrected chi connectivity index (χ4v) is 2.37. The van der Waals surface area contributed by atoms with Crippen LogP contribution in [0.15, 0.2) is 30.3 Å². The first-order valence-corrected chi connectivity index (χ1v) is 6.72. The van der Waals surface area contributed by atoms with Crippen LogP contribution in [0, 0.1) is 0 Å². The first-order valence-electron chi connectivity index (χ1n) is 6.72. The first kappa shape index (κ1) is 15.9. The molecule has 1 aliphatic heterocycles. The molecule has 0 aliphatic carbocycles. The summed E-state index contributed by atoms with van der Waals surface area (Å²) in [6.45, 7) is 3.01. The van der Waals surface area contributed by atoms with Gasteiger partial charge < -0.3 is 24.4 Å². The van der Waals surface area contributed by atoms with E-state index in [2.05, 4.69) is 0 Å². The number of methoxy groups -OCH3 is 1. The van der Waals surface area contributed by atoms with Gasteiger partial charge in [0.05, 0.1) is 5.56 Å². The van der Waals surface area contributed by atoms with E-state index >= 15 is 0 Å². The van der Waals surface area contributed by atoms with Crippen LogP contribution in [0.25, 0.3) is 0 Å². The summed E-state index contributed by atoms with van der Waals surface area (Å²) in [4.78, 5) is 12.0. The fraction of sp³-hybridized carbons (Fsp3) is 0.533. The minimum Gasteiger partial charge on any atom is -0.456 e. The van der Waals surface area contributed by atoms with Gasteiger partial charge in [-0.1, -0.05) is 18.2 Å². The van der Waals surface area contributed by atoms with E-state index in [4.69, 9.17) is 14.2 Å². The topological polar surface area (TPSA) is 85.2 Å². The summed E-state index contributed by atoms with van der Waals surface area (Å²) >= 11 is 0. The number of rotatable bonds is 4. The highest BCUT2D eigenvalue weighted by Crippen LogP contribution is 2.33. The van der Waals surface area contributed by atoms with Crippen molar-refractivity contribution in [2.75, 3.05) is 7.11 Å². The Labute approximate surface area is 123 Å². The molecule has 0 spiro atoms. The molecule has 6 heteroatoms. The number of hydrogen-bond donors (Lipinski definition) is 2. The van der Waals surface area contributed by atoms with Crippen molar-refractivity contribution >= 4 is 5.97 Å². The average molecular weight is 296 g/mol. The van der Waals surface area contributed by atoms with E-state index in [9.17, 15) is 15.0 Å². The van der Waals surface area contributed by atoms with Gasteiger partial charge in [0.15, 0.2) is 6.29 Å². The van der Waals surface area contributed by atoms with Gasteiger partial charge in [-0.15, -0.1) is 0 Å². The highest BCUT2D eigenvalue weighted by molar-refractivity contribution is 5.89. The molecule has 2 N–H and O–H groups in total. The largest absolute Gasteiger partial charge is 0.456 e. The quantitative estimate of drug-likeness (QED) is 0.796. The minimum atomic E-state index is -1.56. The van der Waals surface area contributed by atoms with Crippen LogP contribution in [0.2, 0.25) is 0 Å². The summed E-state index contributed by atoms with van der Waals surface area (Å²) < 4.78 is 15.7. The second-order valence-electron chi connectivity index (χ2n) is 5.32. The molecular formula is C15H20O6. The molecule has 1 aliphatic rings. The zero-order valence-corrected chi connectivity index (χ0v) is 12.2. The summed E-state index contributed by atoms with van der Waals surface area (Å²) in [6, 6.07) is 8.52. The van der Waals surface area contributed by atoms with Gasteiger partial charge in [-0.05, 0) is 26.0 Å². The molecular weight excluding hydrogens is 276 g/mol. The van der Waals surface area contributed by atoms with E-state index in [1.807, 2.05) is 0 Å². The lowest BCUT2D eigenvalue weighted by Crippen LogP contribution is -2.48. The monoisotopic (exact) mass is 296 g/mol. The zero-order chi connectivity index (χ0) is 15.6. The fourth-order valence-electron chi connectivity index (χ4n) is 2.37. The van der Waals surface area contributed by atoms with E-state index in [1.165, 1.54) is 14.0 Å². The van der Waals surface area contributed by atoms with Crippen LogP contribution >= 0.6 is 0 Å².